The molecule has 1 saturated heterocycles. The second-order valence-corrected chi connectivity index (χ2v) is 5.03. The number of hydrogen-bond acceptors (Lipinski definition) is 4. The standard InChI is InChI=1S/C13H17ClN2O3/c1-19-12-3-2-8(6-9(12)14)13(18)16-5-4-10(15)11(17)7-16/h2-3,6,10-11,17H,4-5,7,15H2,1H3/t10-,11-/m1/s1. The van der Waals surface area contributed by atoms with E-state index < -0.39 is 6.10 Å². The maximum absolute atomic E-state index is 12.3. The van der Waals surface area contributed by atoms with Crippen LogP contribution in [0.5, 0.6) is 5.75 Å². The summed E-state index contributed by atoms with van der Waals surface area (Å²) < 4.78 is 5.04. The van der Waals surface area contributed by atoms with Crippen molar-refractivity contribution in [1.29, 1.82) is 0 Å². The number of ether oxygens (including phenoxy) is 1. The van der Waals surface area contributed by atoms with Crippen molar-refractivity contribution in [3.8, 4) is 5.75 Å². The molecule has 6 heteroatoms. The lowest BCUT2D eigenvalue weighted by Gasteiger charge is -2.34. The van der Waals surface area contributed by atoms with Crippen LogP contribution in [0, 0.1) is 0 Å². The van der Waals surface area contributed by atoms with E-state index in [4.69, 9.17) is 22.1 Å². The van der Waals surface area contributed by atoms with E-state index in [0.29, 0.717) is 29.3 Å². The van der Waals surface area contributed by atoms with Crippen LogP contribution in [-0.4, -0.2) is 48.3 Å². The minimum Gasteiger partial charge on any atom is -0.495 e. The highest BCUT2D eigenvalue weighted by Crippen LogP contribution is 2.26. The molecule has 1 heterocycles. The number of nitrogens with zero attached hydrogens (tertiary/aromatic N) is 1. The van der Waals surface area contributed by atoms with Crippen LogP contribution in [-0.2, 0) is 0 Å². The number of carbonyl (C=O) groups excluding carboxylic acids is 1. The second-order valence-electron chi connectivity index (χ2n) is 4.62. The molecule has 0 aromatic heterocycles. The van der Waals surface area contributed by atoms with Crippen molar-refractivity contribution in [3.05, 3.63) is 28.8 Å². The van der Waals surface area contributed by atoms with Crippen LogP contribution in [0.15, 0.2) is 18.2 Å². The van der Waals surface area contributed by atoms with Gasteiger partial charge in [-0.3, -0.25) is 4.79 Å². The average Bonchev–Trinajstić information content (AvgIpc) is 2.41. The van der Waals surface area contributed by atoms with Gasteiger partial charge in [0.2, 0.25) is 0 Å². The van der Waals surface area contributed by atoms with Crippen molar-refractivity contribution in [1.82, 2.24) is 4.90 Å². The van der Waals surface area contributed by atoms with E-state index in [1.54, 1.807) is 23.1 Å². The third-order valence-corrected chi connectivity index (χ3v) is 3.62. The Labute approximate surface area is 116 Å². The van der Waals surface area contributed by atoms with Gasteiger partial charge in [-0.15, -0.1) is 0 Å². The molecule has 0 aliphatic carbocycles. The SMILES string of the molecule is COc1ccc(C(=O)N2CC[C@@H](N)[C@H](O)C2)cc1Cl. The summed E-state index contributed by atoms with van der Waals surface area (Å²) in [5.41, 5.74) is 6.20. The largest absolute Gasteiger partial charge is 0.495 e. The zero-order valence-corrected chi connectivity index (χ0v) is 11.4. The molecule has 1 amide bonds. The van der Waals surface area contributed by atoms with Crippen molar-refractivity contribution in [2.75, 3.05) is 20.2 Å². The average molecular weight is 285 g/mol. The van der Waals surface area contributed by atoms with Crippen LogP contribution in [0.2, 0.25) is 5.02 Å². The van der Waals surface area contributed by atoms with E-state index in [0.717, 1.165) is 0 Å². The number of piperidine rings is 1. The zero-order valence-electron chi connectivity index (χ0n) is 10.7. The first-order valence-electron chi connectivity index (χ1n) is 6.09. The highest BCUT2D eigenvalue weighted by Gasteiger charge is 2.28. The number of benzene rings is 1. The summed E-state index contributed by atoms with van der Waals surface area (Å²) >= 11 is 6.00. The lowest BCUT2D eigenvalue weighted by Crippen LogP contribution is -2.52. The molecule has 0 unspecified atom stereocenters. The van der Waals surface area contributed by atoms with Gasteiger partial charge in [-0.1, -0.05) is 11.6 Å². The Balaban J connectivity index is 2.13. The molecule has 3 N–H and O–H groups in total. The third kappa shape index (κ3) is 3.00. The second kappa shape index (κ2) is 5.77. The van der Waals surface area contributed by atoms with E-state index in [-0.39, 0.29) is 18.5 Å². The normalized spacial score (nSPS) is 23.3. The molecule has 0 bridgehead atoms. The fraction of sp³-hybridized carbons (Fsp3) is 0.462. The summed E-state index contributed by atoms with van der Waals surface area (Å²) in [5, 5.41) is 10.1. The van der Waals surface area contributed by atoms with E-state index in [2.05, 4.69) is 0 Å². The van der Waals surface area contributed by atoms with Gasteiger partial charge in [-0.25, -0.2) is 0 Å². The van der Waals surface area contributed by atoms with E-state index in [9.17, 15) is 9.90 Å². The molecular formula is C13H17ClN2O3. The summed E-state index contributed by atoms with van der Waals surface area (Å²) in [6, 6.07) is 4.63. The minimum atomic E-state index is -0.675. The van der Waals surface area contributed by atoms with Gasteiger partial charge in [-0.05, 0) is 24.6 Å². The molecular weight excluding hydrogens is 268 g/mol. The molecule has 104 valence electrons. The number of likely N-dealkylation sites (tertiary alicyclic amines) is 1. The number of aliphatic hydroxyl groups is 1. The Morgan fingerprint density at radius 1 is 1.58 bits per heavy atom. The van der Waals surface area contributed by atoms with Crippen LogP contribution in [0.3, 0.4) is 0 Å². The first-order chi connectivity index (χ1) is 9.02. The molecule has 0 saturated carbocycles. The van der Waals surface area contributed by atoms with E-state index >= 15 is 0 Å². The summed E-state index contributed by atoms with van der Waals surface area (Å²) in [4.78, 5) is 13.9. The predicted octanol–water partition coefficient (Wildman–Crippen LogP) is 0.883. The van der Waals surface area contributed by atoms with Gasteiger partial charge in [0.1, 0.15) is 5.75 Å². The lowest BCUT2D eigenvalue weighted by atomic mass is 10.0. The van der Waals surface area contributed by atoms with Gasteiger partial charge in [0.15, 0.2) is 0 Å². The number of β-amino-alcohol motifs (C(OH)–C–C–N with tert-alkyl or cyclic N) is 1. The number of halogens is 1. The first kappa shape index (κ1) is 14.1. The van der Waals surface area contributed by atoms with Crippen molar-refractivity contribution in [2.45, 2.75) is 18.6 Å². The number of hydrogen-bond donors (Lipinski definition) is 2. The quantitative estimate of drug-likeness (QED) is 0.845. The van der Waals surface area contributed by atoms with Crippen LogP contribution < -0.4 is 10.5 Å². The van der Waals surface area contributed by atoms with E-state index in [1.807, 2.05) is 0 Å². The number of amides is 1. The Kier molecular flexibility index (Phi) is 4.29. The molecule has 5 nitrogen and oxygen atoms in total. The van der Waals surface area contributed by atoms with Gasteiger partial charge >= 0.3 is 0 Å². The van der Waals surface area contributed by atoms with Gasteiger partial charge in [-0.2, -0.15) is 0 Å². The van der Waals surface area contributed by atoms with Gasteiger partial charge in [0, 0.05) is 24.7 Å². The molecule has 1 aromatic carbocycles. The molecule has 0 radical (unpaired) electrons. The highest BCUT2D eigenvalue weighted by atomic mass is 35.5. The fourth-order valence-electron chi connectivity index (χ4n) is 2.12. The Morgan fingerprint density at radius 2 is 2.32 bits per heavy atom. The maximum Gasteiger partial charge on any atom is 0.253 e. The molecule has 2 rings (SSSR count). The number of aliphatic hydroxyl groups excluding tert-OH is 1. The van der Waals surface area contributed by atoms with Gasteiger partial charge in [0.05, 0.1) is 18.2 Å². The van der Waals surface area contributed by atoms with Crippen molar-refractivity contribution >= 4 is 17.5 Å². The number of methoxy groups -OCH3 is 1. The summed E-state index contributed by atoms with van der Waals surface area (Å²) in [5.74, 6) is 0.370. The molecule has 0 spiro atoms. The summed E-state index contributed by atoms with van der Waals surface area (Å²) in [7, 11) is 1.52. The minimum absolute atomic E-state index is 0.157. The zero-order chi connectivity index (χ0) is 14.0. The monoisotopic (exact) mass is 284 g/mol. The Bertz CT molecular complexity index is 481. The number of rotatable bonds is 2. The van der Waals surface area contributed by atoms with Crippen molar-refractivity contribution in [2.24, 2.45) is 5.73 Å². The molecule has 1 aliphatic rings. The predicted molar refractivity (Wildman–Crippen MR) is 72.5 cm³/mol. The smallest absolute Gasteiger partial charge is 0.253 e. The Hall–Kier alpha value is -1.30. The highest BCUT2D eigenvalue weighted by molar-refractivity contribution is 6.32. The van der Waals surface area contributed by atoms with Gasteiger partial charge in [0.25, 0.3) is 5.91 Å². The van der Waals surface area contributed by atoms with Crippen LogP contribution in [0.1, 0.15) is 16.8 Å². The van der Waals surface area contributed by atoms with Crippen LogP contribution in [0.25, 0.3) is 0 Å². The lowest BCUT2D eigenvalue weighted by molar-refractivity contribution is 0.0395. The summed E-state index contributed by atoms with van der Waals surface area (Å²) in [6.45, 7) is 0.796. The molecule has 1 aromatic rings. The van der Waals surface area contributed by atoms with Crippen molar-refractivity contribution < 1.29 is 14.6 Å². The third-order valence-electron chi connectivity index (χ3n) is 3.32. The van der Waals surface area contributed by atoms with E-state index in [1.165, 1.54) is 7.11 Å². The molecule has 2 atom stereocenters. The maximum atomic E-state index is 12.3. The molecule has 1 fully saturated rings. The molecule has 19 heavy (non-hydrogen) atoms. The van der Waals surface area contributed by atoms with Crippen LogP contribution in [0.4, 0.5) is 0 Å². The summed E-state index contributed by atoms with van der Waals surface area (Å²) in [6.07, 6.45) is -0.0806. The number of carbonyl (C=O) groups is 1. The van der Waals surface area contributed by atoms with Crippen LogP contribution >= 0.6 is 11.6 Å². The van der Waals surface area contributed by atoms with Crippen molar-refractivity contribution in [3.63, 3.8) is 0 Å². The van der Waals surface area contributed by atoms with Gasteiger partial charge < -0.3 is 20.5 Å². The Morgan fingerprint density at radius 3 is 2.89 bits per heavy atom. The first-order valence-corrected chi connectivity index (χ1v) is 6.47. The number of nitrogens with two attached hydrogens (primary N) is 1. The fourth-order valence-corrected chi connectivity index (χ4v) is 2.37. The molecule has 1 aliphatic heterocycles. The topological polar surface area (TPSA) is 75.8 Å².